The number of piperidine rings is 1. The van der Waals surface area contributed by atoms with Crippen molar-refractivity contribution in [3.8, 4) is 5.69 Å². The summed E-state index contributed by atoms with van der Waals surface area (Å²) in [4.78, 5) is 14.4. The van der Waals surface area contributed by atoms with E-state index in [1.165, 1.54) is 0 Å². The number of β-amino-alcohol motifs (C(OH)–C–C–N with tert-alkyl or cyclic N) is 1. The van der Waals surface area contributed by atoms with Gasteiger partial charge in [-0.3, -0.25) is 9.69 Å². The van der Waals surface area contributed by atoms with E-state index in [-0.39, 0.29) is 12.0 Å². The van der Waals surface area contributed by atoms with E-state index in [0.29, 0.717) is 13.1 Å². The van der Waals surface area contributed by atoms with Gasteiger partial charge in [0.25, 0.3) is 0 Å². The van der Waals surface area contributed by atoms with Crippen LogP contribution in [0.15, 0.2) is 30.3 Å². The summed E-state index contributed by atoms with van der Waals surface area (Å²) < 4.78 is 1.84. The van der Waals surface area contributed by atoms with Gasteiger partial charge in [0.2, 0.25) is 5.91 Å². The molecule has 3 rings (SSSR count). The molecule has 1 aromatic carbocycles. The summed E-state index contributed by atoms with van der Waals surface area (Å²) in [6.07, 6.45) is 1.43. The van der Waals surface area contributed by atoms with Crippen LogP contribution in [-0.4, -0.2) is 51.4 Å². The van der Waals surface area contributed by atoms with Gasteiger partial charge in [-0.1, -0.05) is 18.2 Å². The normalized spacial score (nSPS) is 18.5. The third-order valence-electron chi connectivity index (χ3n) is 4.40. The number of hydrogen-bond acceptors (Lipinski definition) is 4. The molecule has 0 radical (unpaired) electrons. The number of carbonyl (C=O) groups is 1. The number of nitrogens with zero attached hydrogens (tertiary/aromatic N) is 3. The first kappa shape index (κ1) is 16.7. The molecule has 1 saturated heterocycles. The zero-order valence-corrected chi connectivity index (χ0v) is 14.2. The zero-order valence-electron chi connectivity index (χ0n) is 14.2. The van der Waals surface area contributed by atoms with Crippen molar-refractivity contribution in [2.24, 2.45) is 0 Å². The number of aromatic nitrogens is 2. The van der Waals surface area contributed by atoms with E-state index in [2.05, 4.69) is 10.4 Å². The first-order valence-corrected chi connectivity index (χ1v) is 8.36. The van der Waals surface area contributed by atoms with Crippen LogP contribution in [0, 0.1) is 13.8 Å². The Bertz CT molecular complexity index is 711. The molecule has 1 amide bonds. The maximum atomic E-state index is 12.4. The summed E-state index contributed by atoms with van der Waals surface area (Å²) in [7, 11) is 0. The summed E-state index contributed by atoms with van der Waals surface area (Å²) >= 11 is 0. The van der Waals surface area contributed by atoms with Gasteiger partial charge in [-0.05, 0) is 45.4 Å². The highest BCUT2D eigenvalue weighted by atomic mass is 16.3. The summed E-state index contributed by atoms with van der Waals surface area (Å²) in [6.45, 7) is 5.56. The monoisotopic (exact) mass is 328 g/mol. The molecule has 1 atom stereocenters. The highest BCUT2D eigenvalue weighted by Gasteiger charge is 2.21. The number of para-hydroxylation sites is 1. The second-order valence-corrected chi connectivity index (χ2v) is 6.37. The van der Waals surface area contributed by atoms with E-state index < -0.39 is 0 Å². The van der Waals surface area contributed by atoms with Crippen LogP contribution in [0.4, 0.5) is 5.69 Å². The number of rotatable bonds is 4. The van der Waals surface area contributed by atoms with Crippen molar-refractivity contribution in [1.82, 2.24) is 14.7 Å². The standard InChI is InChI=1S/C18H24N4O2/c1-13-18(14(2)22(20-13)15-7-4-3-5-8-15)19-17(24)12-21-10-6-9-16(23)11-21/h3-5,7-8,16,23H,6,9-12H2,1-2H3,(H,19,24). The number of anilines is 1. The number of aryl methyl sites for hydroxylation is 1. The Morgan fingerprint density at radius 3 is 2.79 bits per heavy atom. The van der Waals surface area contributed by atoms with Gasteiger partial charge in [0.1, 0.15) is 0 Å². The van der Waals surface area contributed by atoms with Crippen LogP contribution >= 0.6 is 0 Å². The minimum Gasteiger partial charge on any atom is -0.392 e. The zero-order chi connectivity index (χ0) is 17.1. The van der Waals surface area contributed by atoms with Crippen molar-refractivity contribution < 1.29 is 9.90 Å². The van der Waals surface area contributed by atoms with Crippen LogP contribution in [0.5, 0.6) is 0 Å². The van der Waals surface area contributed by atoms with Gasteiger partial charge in [-0.25, -0.2) is 4.68 Å². The maximum absolute atomic E-state index is 12.4. The summed E-state index contributed by atoms with van der Waals surface area (Å²) in [5.74, 6) is -0.0667. The average Bonchev–Trinajstić information content (AvgIpc) is 2.84. The van der Waals surface area contributed by atoms with Crippen molar-refractivity contribution in [3.63, 3.8) is 0 Å². The molecule has 1 fully saturated rings. The number of aliphatic hydroxyl groups is 1. The Kier molecular flexibility index (Phi) is 4.97. The first-order chi connectivity index (χ1) is 11.5. The molecule has 1 aliphatic rings. The van der Waals surface area contributed by atoms with E-state index in [1.807, 2.05) is 53.8 Å². The molecule has 6 nitrogen and oxygen atoms in total. The van der Waals surface area contributed by atoms with Crippen LogP contribution in [0.2, 0.25) is 0 Å². The number of likely N-dealkylation sites (tertiary alicyclic amines) is 1. The van der Waals surface area contributed by atoms with Crippen molar-refractivity contribution >= 4 is 11.6 Å². The Morgan fingerprint density at radius 2 is 2.08 bits per heavy atom. The van der Waals surface area contributed by atoms with E-state index in [0.717, 1.165) is 42.1 Å². The van der Waals surface area contributed by atoms with Gasteiger partial charge in [0, 0.05) is 6.54 Å². The summed E-state index contributed by atoms with van der Waals surface area (Å²) in [5, 5.41) is 17.2. The van der Waals surface area contributed by atoms with Gasteiger partial charge in [-0.2, -0.15) is 5.10 Å². The maximum Gasteiger partial charge on any atom is 0.238 e. The quantitative estimate of drug-likeness (QED) is 0.899. The Hall–Kier alpha value is -2.18. The van der Waals surface area contributed by atoms with E-state index >= 15 is 0 Å². The minimum absolute atomic E-state index is 0.0667. The highest BCUT2D eigenvalue weighted by molar-refractivity contribution is 5.93. The molecule has 0 aliphatic carbocycles. The van der Waals surface area contributed by atoms with Gasteiger partial charge >= 0.3 is 0 Å². The molecule has 24 heavy (non-hydrogen) atoms. The van der Waals surface area contributed by atoms with Crippen molar-refractivity contribution in [2.75, 3.05) is 25.0 Å². The predicted octanol–water partition coefficient (Wildman–Crippen LogP) is 1.88. The molecule has 0 spiro atoms. The number of nitrogens with one attached hydrogen (secondary N) is 1. The number of benzene rings is 1. The summed E-state index contributed by atoms with van der Waals surface area (Å²) in [5.41, 5.74) is 3.44. The van der Waals surface area contributed by atoms with Gasteiger partial charge in [0.05, 0.1) is 35.4 Å². The largest absolute Gasteiger partial charge is 0.392 e. The lowest BCUT2D eigenvalue weighted by molar-refractivity contribution is -0.118. The van der Waals surface area contributed by atoms with E-state index in [4.69, 9.17) is 0 Å². The molecule has 2 N–H and O–H groups in total. The SMILES string of the molecule is Cc1nn(-c2ccccc2)c(C)c1NC(=O)CN1CCCC(O)C1. The lowest BCUT2D eigenvalue weighted by Crippen LogP contribution is -2.42. The molecule has 0 bridgehead atoms. The van der Waals surface area contributed by atoms with Gasteiger partial charge in [-0.15, -0.1) is 0 Å². The Morgan fingerprint density at radius 1 is 1.33 bits per heavy atom. The van der Waals surface area contributed by atoms with Crippen LogP contribution < -0.4 is 5.32 Å². The molecule has 1 unspecified atom stereocenters. The van der Waals surface area contributed by atoms with Crippen molar-refractivity contribution in [2.45, 2.75) is 32.8 Å². The topological polar surface area (TPSA) is 70.4 Å². The van der Waals surface area contributed by atoms with Crippen LogP contribution in [0.3, 0.4) is 0 Å². The predicted molar refractivity (Wildman–Crippen MR) is 93.3 cm³/mol. The van der Waals surface area contributed by atoms with E-state index in [9.17, 15) is 9.90 Å². The van der Waals surface area contributed by atoms with Gasteiger partial charge < -0.3 is 10.4 Å². The van der Waals surface area contributed by atoms with Crippen molar-refractivity contribution in [3.05, 3.63) is 41.7 Å². The lowest BCUT2D eigenvalue weighted by atomic mass is 10.1. The summed E-state index contributed by atoms with van der Waals surface area (Å²) in [6, 6.07) is 9.86. The molecule has 128 valence electrons. The first-order valence-electron chi connectivity index (χ1n) is 8.36. The Labute approximate surface area is 142 Å². The fourth-order valence-corrected chi connectivity index (χ4v) is 3.20. The second-order valence-electron chi connectivity index (χ2n) is 6.37. The molecule has 6 heteroatoms. The molecule has 1 aromatic heterocycles. The van der Waals surface area contributed by atoms with Crippen LogP contribution in [0.1, 0.15) is 24.2 Å². The fraction of sp³-hybridized carbons (Fsp3) is 0.444. The Balaban J connectivity index is 1.71. The van der Waals surface area contributed by atoms with Crippen LogP contribution in [0.25, 0.3) is 5.69 Å². The molecule has 2 aromatic rings. The number of amides is 1. The molecular formula is C18H24N4O2. The fourth-order valence-electron chi connectivity index (χ4n) is 3.20. The molecule has 1 aliphatic heterocycles. The molecule has 0 saturated carbocycles. The number of aliphatic hydroxyl groups excluding tert-OH is 1. The second kappa shape index (κ2) is 7.15. The average molecular weight is 328 g/mol. The minimum atomic E-state index is -0.323. The number of carbonyl (C=O) groups excluding carboxylic acids is 1. The van der Waals surface area contributed by atoms with Crippen molar-refractivity contribution in [1.29, 1.82) is 0 Å². The van der Waals surface area contributed by atoms with Crippen LogP contribution in [-0.2, 0) is 4.79 Å². The third-order valence-corrected chi connectivity index (χ3v) is 4.40. The number of hydrogen-bond donors (Lipinski definition) is 2. The third kappa shape index (κ3) is 3.66. The molecular weight excluding hydrogens is 304 g/mol. The smallest absolute Gasteiger partial charge is 0.238 e. The lowest BCUT2D eigenvalue weighted by Gasteiger charge is -2.29. The highest BCUT2D eigenvalue weighted by Crippen LogP contribution is 2.22. The van der Waals surface area contributed by atoms with E-state index in [1.54, 1.807) is 0 Å². The van der Waals surface area contributed by atoms with Gasteiger partial charge in [0.15, 0.2) is 0 Å². The molecule has 2 heterocycles.